The van der Waals surface area contributed by atoms with E-state index < -0.39 is 12.0 Å². The molecule has 0 radical (unpaired) electrons. The predicted octanol–water partition coefficient (Wildman–Crippen LogP) is 1.72. The summed E-state index contributed by atoms with van der Waals surface area (Å²) in [5, 5.41) is 7.82. The number of rotatable bonds is 7. The van der Waals surface area contributed by atoms with Gasteiger partial charge in [-0.25, -0.2) is 4.79 Å². The number of nitrogens with one attached hydrogen (secondary N) is 3. The molecule has 7 heteroatoms. The molecule has 7 nitrogen and oxygen atoms in total. The van der Waals surface area contributed by atoms with Crippen molar-refractivity contribution in [1.82, 2.24) is 16.0 Å². The molecule has 1 fully saturated rings. The second-order valence-electron chi connectivity index (χ2n) is 6.63. The fourth-order valence-electron chi connectivity index (χ4n) is 2.96. The summed E-state index contributed by atoms with van der Waals surface area (Å²) >= 11 is 0. The van der Waals surface area contributed by atoms with Crippen LogP contribution in [-0.4, -0.2) is 37.0 Å². The van der Waals surface area contributed by atoms with E-state index in [4.69, 9.17) is 4.74 Å². The Morgan fingerprint density at radius 1 is 1.00 bits per heavy atom. The minimum atomic E-state index is -0.676. The topological polar surface area (TPSA) is 96.5 Å². The lowest BCUT2D eigenvalue weighted by Crippen LogP contribution is -2.47. The highest BCUT2D eigenvalue weighted by Crippen LogP contribution is 2.23. The Kier molecular flexibility index (Phi) is 7.92. The van der Waals surface area contributed by atoms with Gasteiger partial charge in [0.25, 0.3) is 0 Å². The number of benzene rings is 1. The van der Waals surface area contributed by atoms with E-state index in [1.54, 1.807) is 0 Å². The van der Waals surface area contributed by atoms with Gasteiger partial charge in [-0.3, -0.25) is 9.59 Å². The van der Waals surface area contributed by atoms with Gasteiger partial charge in [0.05, 0.1) is 6.54 Å². The van der Waals surface area contributed by atoms with Crippen molar-refractivity contribution in [3.8, 4) is 0 Å². The minimum absolute atomic E-state index is 0.0944. The van der Waals surface area contributed by atoms with Crippen molar-refractivity contribution in [2.75, 3.05) is 13.1 Å². The Hall–Kier alpha value is -2.57. The van der Waals surface area contributed by atoms with Gasteiger partial charge in [-0.1, -0.05) is 50.1 Å². The van der Waals surface area contributed by atoms with Crippen LogP contribution in [0, 0.1) is 5.92 Å². The van der Waals surface area contributed by atoms with E-state index in [-0.39, 0.29) is 31.6 Å². The average Bonchev–Trinajstić information content (AvgIpc) is 2.65. The third-order valence-electron chi connectivity index (χ3n) is 4.51. The van der Waals surface area contributed by atoms with Gasteiger partial charge in [-0.2, -0.15) is 0 Å². The summed E-state index contributed by atoms with van der Waals surface area (Å²) in [4.78, 5) is 35.2. The zero-order valence-corrected chi connectivity index (χ0v) is 15.1. The van der Waals surface area contributed by atoms with Crippen molar-refractivity contribution in [1.29, 1.82) is 0 Å². The molecule has 1 saturated carbocycles. The molecule has 0 saturated heterocycles. The average molecular weight is 361 g/mol. The van der Waals surface area contributed by atoms with E-state index in [1.165, 1.54) is 6.42 Å². The maximum atomic E-state index is 11.9. The number of ether oxygens (including phenoxy) is 1. The SMILES string of the molecule is C[C@@H]1CCCC[C@@H]1NC(=O)CNC(=O)CNC(=O)OCc1ccccc1. The van der Waals surface area contributed by atoms with Crippen molar-refractivity contribution in [3.63, 3.8) is 0 Å². The van der Waals surface area contributed by atoms with Crippen LogP contribution < -0.4 is 16.0 Å². The van der Waals surface area contributed by atoms with Crippen LogP contribution in [0.4, 0.5) is 4.79 Å². The first-order chi connectivity index (χ1) is 12.5. The fourth-order valence-corrected chi connectivity index (χ4v) is 2.96. The Balaban J connectivity index is 1.57. The van der Waals surface area contributed by atoms with Crippen molar-refractivity contribution >= 4 is 17.9 Å². The molecular formula is C19H27N3O4. The predicted molar refractivity (Wildman–Crippen MR) is 97.2 cm³/mol. The van der Waals surface area contributed by atoms with E-state index in [2.05, 4.69) is 22.9 Å². The first kappa shape index (κ1) is 19.8. The van der Waals surface area contributed by atoms with Crippen molar-refractivity contribution < 1.29 is 19.1 Å². The summed E-state index contributed by atoms with van der Waals surface area (Å²) in [5.74, 6) is -0.179. The van der Waals surface area contributed by atoms with E-state index >= 15 is 0 Å². The van der Waals surface area contributed by atoms with Crippen LogP contribution in [0.5, 0.6) is 0 Å². The standard InChI is InChI=1S/C19H27N3O4/c1-14-7-5-6-10-16(14)22-18(24)12-20-17(23)11-21-19(25)26-13-15-8-3-2-4-9-15/h2-4,8-9,14,16H,5-7,10-13H2,1H3,(H,20,23)(H,21,25)(H,22,24)/t14-,16+/m1/s1. The fraction of sp³-hybridized carbons (Fsp3) is 0.526. The van der Waals surface area contributed by atoms with Gasteiger partial charge >= 0.3 is 6.09 Å². The second-order valence-corrected chi connectivity index (χ2v) is 6.63. The minimum Gasteiger partial charge on any atom is -0.445 e. The summed E-state index contributed by atoms with van der Waals surface area (Å²) in [6, 6.07) is 9.43. The van der Waals surface area contributed by atoms with Gasteiger partial charge < -0.3 is 20.7 Å². The molecular weight excluding hydrogens is 334 g/mol. The largest absolute Gasteiger partial charge is 0.445 e. The number of carbonyl (C=O) groups is 3. The second kappa shape index (κ2) is 10.4. The quantitative estimate of drug-likeness (QED) is 0.689. The van der Waals surface area contributed by atoms with E-state index in [9.17, 15) is 14.4 Å². The maximum absolute atomic E-state index is 11.9. The molecule has 0 unspecified atom stereocenters. The van der Waals surface area contributed by atoms with Crippen LogP contribution in [-0.2, 0) is 20.9 Å². The molecule has 0 aliphatic heterocycles. The molecule has 0 heterocycles. The number of hydrogen-bond donors (Lipinski definition) is 3. The van der Waals surface area contributed by atoms with E-state index in [0.717, 1.165) is 24.8 Å². The van der Waals surface area contributed by atoms with E-state index in [0.29, 0.717) is 5.92 Å². The summed E-state index contributed by atoms with van der Waals surface area (Å²) in [5.41, 5.74) is 0.862. The van der Waals surface area contributed by atoms with Gasteiger partial charge in [0.1, 0.15) is 13.2 Å². The van der Waals surface area contributed by atoms with Crippen molar-refractivity contribution in [2.45, 2.75) is 45.3 Å². The van der Waals surface area contributed by atoms with Crippen LogP contribution in [0.1, 0.15) is 38.2 Å². The molecule has 0 bridgehead atoms. The molecule has 1 aliphatic carbocycles. The van der Waals surface area contributed by atoms with Crippen LogP contribution >= 0.6 is 0 Å². The van der Waals surface area contributed by atoms with Crippen LogP contribution in [0.25, 0.3) is 0 Å². The smallest absolute Gasteiger partial charge is 0.407 e. The molecule has 1 aromatic rings. The van der Waals surface area contributed by atoms with Crippen molar-refractivity contribution in [2.24, 2.45) is 5.92 Å². The van der Waals surface area contributed by atoms with Gasteiger partial charge in [0.15, 0.2) is 0 Å². The highest BCUT2D eigenvalue weighted by atomic mass is 16.5. The van der Waals surface area contributed by atoms with Gasteiger partial charge in [-0.15, -0.1) is 0 Å². The summed E-state index contributed by atoms with van der Waals surface area (Å²) in [6.45, 7) is 1.94. The number of alkyl carbamates (subject to hydrolysis) is 1. The zero-order valence-electron chi connectivity index (χ0n) is 15.1. The van der Waals surface area contributed by atoms with Crippen LogP contribution in [0.15, 0.2) is 30.3 Å². The Bertz CT molecular complexity index is 606. The van der Waals surface area contributed by atoms with Gasteiger partial charge in [-0.05, 0) is 24.3 Å². The molecule has 142 valence electrons. The Morgan fingerprint density at radius 2 is 1.69 bits per heavy atom. The Labute approximate surface area is 153 Å². The monoisotopic (exact) mass is 361 g/mol. The summed E-state index contributed by atoms with van der Waals surface area (Å²) in [7, 11) is 0. The van der Waals surface area contributed by atoms with Crippen molar-refractivity contribution in [3.05, 3.63) is 35.9 Å². The number of carbonyl (C=O) groups excluding carboxylic acids is 3. The molecule has 3 amide bonds. The summed E-state index contributed by atoms with van der Waals surface area (Å²) < 4.78 is 5.01. The van der Waals surface area contributed by atoms with Gasteiger partial charge in [0, 0.05) is 6.04 Å². The molecule has 26 heavy (non-hydrogen) atoms. The van der Waals surface area contributed by atoms with Crippen LogP contribution in [0.2, 0.25) is 0 Å². The van der Waals surface area contributed by atoms with Gasteiger partial charge in [0.2, 0.25) is 11.8 Å². The lowest BCUT2D eigenvalue weighted by Gasteiger charge is -2.29. The third-order valence-corrected chi connectivity index (χ3v) is 4.51. The lowest BCUT2D eigenvalue weighted by atomic mass is 9.86. The first-order valence-electron chi connectivity index (χ1n) is 9.05. The van der Waals surface area contributed by atoms with Crippen LogP contribution in [0.3, 0.4) is 0 Å². The molecule has 0 spiro atoms. The number of hydrogen-bond acceptors (Lipinski definition) is 4. The number of amides is 3. The molecule has 2 rings (SSSR count). The lowest BCUT2D eigenvalue weighted by molar-refractivity contribution is -0.126. The third kappa shape index (κ3) is 7.13. The highest BCUT2D eigenvalue weighted by Gasteiger charge is 2.22. The maximum Gasteiger partial charge on any atom is 0.407 e. The molecule has 1 aliphatic rings. The molecule has 1 aromatic carbocycles. The highest BCUT2D eigenvalue weighted by molar-refractivity contribution is 5.87. The molecule has 3 N–H and O–H groups in total. The first-order valence-corrected chi connectivity index (χ1v) is 9.05. The molecule has 0 aromatic heterocycles. The summed E-state index contributed by atoms with van der Waals surface area (Å²) in [6.07, 6.45) is 3.75. The van der Waals surface area contributed by atoms with E-state index in [1.807, 2.05) is 30.3 Å². The zero-order chi connectivity index (χ0) is 18.8. The normalized spacial score (nSPS) is 19.3. The Morgan fingerprint density at radius 3 is 2.42 bits per heavy atom. The molecule has 2 atom stereocenters.